The fraction of sp³-hybridized carbons (Fsp3) is 0.696. The number of aliphatic imine (C=N–C) groups is 1. The van der Waals surface area contributed by atoms with Gasteiger partial charge in [0.25, 0.3) is 0 Å². The van der Waals surface area contributed by atoms with Crippen LogP contribution in [0.5, 0.6) is 0 Å². The van der Waals surface area contributed by atoms with Gasteiger partial charge in [-0.05, 0) is 83.9 Å². The lowest BCUT2D eigenvalue weighted by Gasteiger charge is -2.49. The van der Waals surface area contributed by atoms with Gasteiger partial charge in [0.2, 0.25) is 0 Å². The molecule has 0 atom stereocenters. The van der Waals surface area contributed by atoms with Gasteiger partial charge in [0.15, 0.2) is 5.96 Å². The SMILES string of the molecule is CCNC(=NCC1(N2CCCCC2)CCN(C)CC1)N1CCc2ccccc21.I. The first-order valence-corrected chi connectivity index (χ1v) is 11.3. The lowest BCUT2D eigenvalue weighted by molar-refractivity contribution is 0.0208. The van der Waals surface area contributed by atoms with Gasteiger partial charge in [0.05, 0.1) is 6.54 Å². The van der Waals surface area contributed by atoms with E-state index in [4.69, 9.17) is 4.99 Å². The van der Waals surface area contributed by atoms with Crippen LogP contribution in [0.25, 0.3) is 0 Å². The van der Waals surface area contributed by atoms with Crippen molar-refractivity contribution in [3.05, 3.63) is 29.8 Å². The van der Waals surface area contributed by atoms with Gasteiger partial charge >= 0.3 is 0 Å². The summed E-state index contributed by atoms with van der Waals surface area (Å²) >= 11 is 0. The van der Waals surface area contributed by atoms with Crippen molar-refractivity contribution >= 4 is 35.6 Å². The molecule has 3 heterocycles. The zero-order valence-electron chi connectivity index (χ0n) is 18.2. The Morgan fingerprint density at radius 3 is 2.48 bits per heavy atom. The Bertz CT molecular complexity index is 678. The molecule has 2 fully saturated rings. The molecule has 29 heavy (non-hydrogen) atoms. The first-order valence-electron chi connectivity index (χ1n) is 11.3. The van der Waals surface area contributed by atoms with Crippen LogP contribution in [-0.2, 0) is 6.42 Å². The summed E-state index contributed by atoms with van der Waals surface area (Å²) in [6.07, 6.45) is 7.68. The van der Waals surface area contributed by atoms with Gasteiger partial charge in [-0.2, -0.15) is 0 Å². The molecule has 0 spiro atoms. The van der Waals surface area contributed by atoms with E-state index in [2.05, 4.69) is 58.3 Å². The van der Waals surface area contributed by atoms with E-state index in [0.29, 0.717) is 0 Å². The molecule has 1 N–H and O–H groups in total. The number of likely N-dealkylation sites (tertiary alicyclic amines) is 2. The second-order valence-electron chi connectivity index (χ2n) is 8.78. The summed E-state index contributed by atoms with van der Waals surface area (Å²) in [4.78, 5) is 12.9. The highest BCUT2D eigenvalue weighted by atomic mass is 127. The first kappa shape index (κ1) is 22.8. The van der Waals surface area contributed by atoms with E-state index >= 15 is 0 Å². The quantitative estimate of drug-likeness (QED) is 0.381. The molecule has 2 saturated heterocycles. The molecule has 1 aromatic rings. The van der Waals surface area contributed by atoms with Crippen LogP contribution in [0.15, 0.2) is 29.3 Å². The Kier molecular flexibility index (Phi) is 8.22. The van der Waals surface area contributed by atoms with Crippen LogP contribution in [0.3, 0.4) is 0 Å². The van der Waals surface area contributed by atoms with Crippen LogP contribution < -0.4 is 10.2 Å². The third kappa shape index (κ3) is 5.07. The maximum absolute atomic E-state index is 5.26. The third-order valence-corrected chi connectivity index (χ3v) is 6.95. The fourth-order valence-corrected chi connectivity index (χ4v) is 5.15. The lowest BCUT2D eigenvalue weighted by atomic mass is 9.84. The Balaban J connectivity index is 0.00000240. The van der Waals surface area contributed by atoms with Crippen LogP contribution in [0, 0.1) is 0 Å². The smallest absolute Gasteiger partial charge is 0.198 e. The monoisotopic (exact) mass is 511 g/mol. The molecule has 5 nitrogen and oxygen atoms in total. The van der Waals surface area contributed by atoms with E-state index in [9.17, 15) is 0 Å². The van der Waals surface area contributed by atoms with Crippen molar-refractivity contribution in [2.45, 2.75) is 51.0 Å². The highest BCUT2D eigenvalue weighted by Crippen LogP contribution is 2.32. The van der Waals surface area contributed by atoms with E-state index in [0.717, 1.165) is 32.0 Å². The zero-order chi connectivity index (χ0) is 19.4. The summed E-state index contributed by atoms with van der Waals surface area (Å²) in [5.41, 5.74) is 3.02. The summed E-state index contributed by atoms with van der Waals surface area (Å²) in [6, 6.07) is 8.79. The number of hydrogen-bond donors (Lipinski definition) is 1. The Morgan fingerprint density at radius 1 is 1.03 bits per heavy atom. The van der Waals surface area contributed by atoms with Gasteiger partial charge in [-0.1, -0.05) is 24.6 Å². The van der Waals surface area contributed by atoms with Crippen LogP contribution in [0.2, 0.25) is 0 Å². The molecular formula is C23H38IN5. The molecular weight excluding hydrogens is 473 g/mol. The fourth-order valence-electron chi connectivity index (χ4n) is 5.15. The predicted octanol–water partition coefficient (Wildman–Crippen LogP) is 3.58. The minimum atomic E-state index is 0. The van der Waals surface area contributed by atoms with Crippen LogP contribution in [-0.4, -0.2) is 74.2 Å². The Hall–Kier alpha value is -0.860. The normalized spacial score (nSPS) is 22.8. The highest BCUT2D eigenvalue weighted by Gasteiger charge is 2.39. The number of benzene rings is 1. The minimum absolute atomic E-state index is 0. The standard InChI is InChI=1S/C23H37N5.HI/c1-3-24-22(28-16-11-20-9-5-6-10-21(20)28)25-19-23(12-17-26(2)18-13-23)27-14-7-4-8-15-27;/h5-6,9-10H,3-4,7-8,11-19H2,1-2H3,(H,24,25);1H. The molecule has 0 aromatic heterocycles. The highest BCUT2D eigenvalue weighted by molar-refractivity contribution is 14.0. The van der Waals surface area contributed by atoms with Crippen molar-refractivity contribution < 1.29 is 0 Å². The zero-order valence-corrected chi connectivity index (χ0v) is 20.5. The molecule has 4 rings (SSSR count). The molecule has 0 unspecified atom stereocenters. The van der Waals surface area contributed by atoms with Crippen molar-refractivity contribution in [2.75, 3.05) is 57.8 Å². The van der Waals surface area contributed by atoms with Gasteiger partial charge in [-0.15, -0.1) is 24.0 Å². The second kappa shape index (κ2) is 10.4. The van der Waals surface area contributed by atoms with Gasteiger partial charge in [-0.3, -0.25) is 9.89 Å². The molecule has 0 amide bonds. The first-order chi connectivity index (χ1) is 13.7. The molecule has 3 aliphatic rings. The van der Waals surface area contributed by atoms with Gasteiger partial charge in [-0.25, -0.2) is 0 Å². The third-order valence-electron chi connectivity index (χ3n) is 6.95. The number of nitrogens with one attached hydrogen (secondary N) is 1. The van der Waals surface area contributed by atoms with Gasteiger partial charge < -0.3 is 15.1 Å². The molecule has 6 heteroatoms. The van der Waals surface area contributed by atoms with E-state index in [1.807, 2.05) is 0 Å². The number of piperidine rings is 2. The number of anilines is 1. The number of rotatable bonds is 4. The maximum atomic E-state index is 5.26. The Morgan fingerprint density at radius 2 is 1.76 bits per heavy atom. The summed E-state index contributed by atoms with van der Waals surface area (Å²) in [6.45, 7) is 9.92. The molecule has 0 saturated carbocycles. The minimum Gasteiger partial charge on any atom is -0.356 e. The van der Waals surface area contributed by atoms with E-state index in [-0.39, 0.29) is 29.5 Å². The molecule has 3 aliphatic heterocycles. The van der Waals surface area contributed by atoms with Crippen molar-refractivity contribution in [3.8, 4) is 0 Å². The molecule has 1 aromatic carbocycles. The average Bonchev–Trinajstić information content (AvgIpc) is 3.17. The van der Waals surface area contributed by atoms with Crippen LogP contribution in [0.1, 0.15) is 44.6 Å². The molecule has 0 aliphatic carbocycles. The maximum Gasteiger partial charge on any atom is 0.198 e. The second-order valence-corrected chi connectivity index (χ2v) is 8.78. The predicted molar refractivity (Wildman–Crippen MR) is 134 cm³/mol. The average molecular weight is 511 g/mol. The summed E-state index contributed by atoms with van der Waals surface area (Å²) in [5.74, 6) is 1.07. The number of halogens is 1. The lowest BCUT2D eigenvalue weighted by Crippen LogP contribution is -2.58. The van der Waals surface area contributed by atoms with Gasteiger partial charge in [0.1, 0.15) is 0 Å². The number of hydrogen-bond acceptors (Lipinski definition) is 3. The summed E-state index contributed by atoms with van der Waals surface area (Å²) in [7, 11) is 2.26. The van der Waals surface area contributed by atoms with E-state index in [1.165, 1.54) is 69.5 Å². The van der Waals surface area contributed by atoms with Crippen molar-refractivity contribution in [1.29, 1.82) is 0 Å². The van der Waals surface area contributed by atoms with E-state index < -0.39 is 0 Å². The van der Waals surface area contributed by atoms with Gasteiger partial charge in [0, 0.05) is 24.3 Å². The van der Waals surface area contributed by atoms with Crippen LogP contribution >= 0.6 is 24.0 Å². The van der Waals surface area contributed by atoms with Crippen molar-refractivity contribution in [1.82, 2.24) is 15.1 Å². The van der Waals surface area contributed by atoms with Crippen molar-refractivity contribution in [3.63, 3.8) is 0 Å². The van der Waals surface area contributed by atoms with Crippen LogP contribution in [0.4, 0.5) is 5.69 Å². The van der Waals surface area contributed by atoms with Crippen molar-refractivity contribution in [2.24, 2.45) is 4.99 Å². The number of para-hydroxylation sites is 1. The largest absolute Gasteiger partial charge is 0.356 e. The Labute approximate surface area is 193 Å². The van der Waals surface area contributed by atoms with E-state index in [1.54, 1.807) is 0 Å². The topological polar surface area (TPSA) is 34.1 Å². The molecule has 0 radical (unpaired) electrons. The molecule has 0 bridgehead atoms. The number of fused-ring (bicyclic) bond motifs is 1. The number of nitrogens with zero attached hydrogens (tertiary/aromatic N) is 4. The summed E-state index contributed by atoms with van der Waals surface area (Å²) < 4.78 is 0. The number of guanidine groups is 1. The molecule has 162 valence electrons. The summed E-state index contributed by atoms with van der Waals surface area (Å²) in [5, 5.41) is 3.58.